The maximum atomic E-state index is 4.11. The number of nitrogens with one attached hydrogen (secondary N) is 1. The van der Waals surface area contributed by atoms with Crippen LogP contribution in [-0.2, 0) is 6.54 Å². The molecule has 1 saturated carbocycles. The van der Waals surface area contributed by atoms with E-state index in [2.05, 4.69) is 41.2 Å². The predicted octanol–water partition coefficient (Wildman–Crippen LogP) is 3.46. The zero-order chi connectivity index (χ0) is 14.9. The third-order valence-corrected chi connectivity index (χ3v) is 4.72. The Kier molecular flexibility index (Phi) is 7.17. The van der Waals surface area contributed by atoms with Crippen LogP contribution in [0.1, 0.15) is 51.5 Å². The average molecular weight is 289 g/mol. The topological polar surface area (TPSA) is 28.2 Å². The van der Waals surface area contributed by atoms with Crippen molar-refractivity contribution in [1.82, 2.24) is 15.2 Å². The molecule has 1 N–H and O–H groups in total. The molecule has 1 aromatic rings. The molecule has 21 heavy (non-hydrogen) atoms. The summed E-state index contributed by atoms with van der Waals surface area (Å²) >= 11 is 0. The van der Waals surface area contributed by atoms with Crippen LogP contribution in [-0.4, -0.2) is 35.6 Å². The van der Waals surface area contributed by atoms with Crippen molar-refractivity contribution in [2.24, 2.45) is 5.92 Å². The van der Waals surface area contributed by atoms with Crippen LogP contribution in [0.15, 0.2) is 24.5 Å². The van der Waals surface area contributed by atoms with Crippen molar-refractivity contribution in [1.29, 1.82) is 0 Å². The van der Waals surface area contributed by atoms with Crippen LogP contribution in [0.3, 0.4) is 0 Å². The fourth-order valence-electron chi connectivity index (χ4n) is 3.52. The smallest absolute Gasteiger partial charge is 0.0271 e. The molecule has 2 atom stereocenters. The highest BCUT2D eigenvalue weighted by atomic mass is 15.1. The van der Waals surface area contributed by atoms with E-state index in [1.807, 2.05) is 12.4 Å². The molecule has 0 saturated heterocycles. The molecular weight excluding hydrogens is 258 g/mol. The van der Waals surface area contributed by atoms with Gasteiger partial charge >= 0.3 is 0 Å². The van der Waals surface area contributed by atoms with Crippen molar-refractivity contribution >= 4 is 0 Å². The number of pyridine rings is 1. The summed E-state index contributed by atoms with van der Waals surface area (Å²) in [5.74, 6) is 0.800. The van der Waals surface area contributed by atoms with E-state index in [0.717, 1.165) is 25.6 Å². The van der Waals surface area contributed by atoms with Gasteiger partial charge in [-0.05, 0) is 49.5 Å². The lowest BCUT2D eigenvalue weighted by atomic mass is 9.93. The third-order valence-electron chi connectivity index (χ3n) is 4.72. The van der Waals surface area contributed by atoms with Crippen LogP contribution >= 0.6 is 0 Å². The van der Waals surface area contributed by atoms with Gasteiger partial charge in [-0.15, -0.1) is 0 Å². The Hall–Kier alpha value is -0.930. The van der Waals surface area contributed by atoms with Gasteiger partial charge in [0.25, 0.3) is 0 Å². The molecule has 0 bridgehead atoms. The van der Waals surface area contributed by atoms with Gasteiger partial charge in [-0.1, -0.05) is 33.1 Å². The Morgan fingerprint density at radius 2 is 1.90 bits per heavy atom. The van der Waals surface area contributed by atoms with E-state index >= 15 is 0 Å². The summed E-state index contributed by atoms with van der Waals surface area (Å²) < 4.78 is 0. The molecular formula is C18H31N3. The molecule has 0 aromatic carbocycles. The Bertz CT molecular complexity index is 379. The molecule has 2 unspecified atom stereocenters. The van der Waals surface area contributed by atoms with Gasteiger partial charge in [-0.3, -0.25) is 9.88 Å². The zero-order valence-electron chi connectivity index (χ0n) is 13.7. The highest BCUT2D eigenvalue weighted by Gasteiger charge is 2.24. The minimum absolute atomic E-state index is 0.712. The molecule has 0 amide bonds. The van der Waals surface area contributed by atoms with Gasteiger partial charge in [0.15, 0.2) is 0 Å². The molecule has 118 valence electrons. The summed E-state index contributed by atoms with van der Waals surface area (Å²) in [7, 11) is 0. The van der Waals surface area contributed by atoms with Crippen molar-refractivity contribution < 1.29 is 0 Å². The first-order valence-electron chi connectivity index (χ1n) is 8.68. The van der Waals surface area contributed by atoms with Crippen molar-refractivity contribution in [3.63, 3.8) is 0 Å². The SMILES string of the molecule is CCNC1CCCCCC1CN(CC)Cc1ccncc1. The lowest BCUT2D eigenvalue weighted by Crippen LogP contribution is -2.41. The van der Waals surface area contributed by atoms with Gasteiger partial charge in [0, 0.05) is 31.5 Å². The van der Waals surface area contributed by atoms with Gasteiger partial charge in [-0.2, -0.15) is 0 Å². The Labute approximate surface area is 130 Å². The second-order valence-electron chi connectivity index (χ2n) is 6.25. The van der Waals surface area contributed by atoms with E-state index in [9.17, 15) is 0 Å². The van der Waals surface area contributed by atoms with Crippen LogP contribution in [0.25, 0.3) is 0 Å². The summed E-state index contributed by atoms with van der Waals surface area (Å²) in [6.07, 6.45) is 10.7. The van der Waals surface area contributed by atoms with Gasteiger partial charge in [0.1, 0.15) is 0 Å². The lowest BCUT2D eigenvalue weighted by Gasteiger charge is -2.31. The van der Waals surface area contributed by atoms with Crippen LogP contribution in [0.5, 0.6) is 0 Å². The standard InChI is InChI=1S/C18H31N3/c1-3-20-18-9-7-5-6-8-17(18)15-21(4-2)14-16-10-12-19-13-11-16/h10-13,17-18,20H,3-9,14-15H2,1-2H3. The molecule has 3 heteroatoms. The minimum atomic E-state index is 0.712. The molecule has 1 fully saturated rings. The van der Waals surface area contributed by atoms with Crippen LogP contribution in [0.4, 0.5) is 0 Å². The van der Waals surface area contributed by atoms with E-state index < -0.39 is 0 Å². The Balaban J connectivity index is 1.94. The number of hydrogen-bond acceptors (Lipinski definition) is 3. The van der Waals surface area contributed by atoms with Crippen LogP contribution in [0.2, 0.25) is 0 Å². The third kappa shape index (κ3) is 5.40. The molecule has 1 aromatic heterocycles. The van der Waals surface area contributed by atoms with E-state index in [1.165, 1.54) is 44.2 Å². The average Bonchev–Trinajstić information content (AvgIpc) is 2.74. The van der Waals surface area contributed by atoms with Crippen LogP contribution < -0.4 is 5.32 Å². The van der Waals surface area contributed by atoms with E-state index in [4.69, 9.17) is 0 Å². The zero-order valence-corrected chi connectivity index (χ0v) is 13.7. The Morgan fingerprint density at radius 1 is 1.14 bits per heavy atom. The normalized spacial score (nSPS) is 23.2. The first kappa shape index (κ1) is 16.4. The number of hydrogen-bond donors (Lipinski definition) is 1. The quantitative estimate of drug-likeness (QED) is 0.779. The summed E-state index contributed by atoms with van der Waals surface area (Å²) in [6, 6.07) is 4.98. The first-order chi connectivity index (χ1) is 10.3. The fourth-order valence-corrected chi connectivity index (χ4v) is 3.52. The van der Waals surface area contributed by atoms with Gasteiger partial charge in [-0.25, -0.2) is 0 Å². The molecule has 0 aliphatic heterocycles. The van der Waals surface area contributed by atoms with Gasteiger partial charge in [0.05, 0.1) is 0 Å². The highest BCUT2D eigenvalue weighted by Crippen LogP contribution is 2.25. The summed E-state index contributed by atoms with van der Waals surface area (Å²) in [6.45, 7) is 9.00. The number of rotatable bonds is 7. The van der Waals surface area contributed by atoms with E-state index in [0.29, 0.717) is 6.04 Å². The summed E-state index contributed by atoms with van der Waals surface area (Å²) in [4.78, 5) is 6.71. The number of aromatic nitrogens is 1. The molecule has 1 aliphatic rings. The molecule has 3 nitrogen and oxygen atoms in total. The lowest BCUT2D eigenvalue weighted by molar-refractivity contribution is 0.195. The van der Waals surface area contributed by atoms with E-state index in [1.54, 1.807) is 0 Å². The van der Waals surface area contributed by atoms with Crippen molar-refractivity contribution in [2.75, 3.05) is 19.6 Å². The molecule has 0 radical (unpaired) electrons. The molecule has 1 aliphatic carbocycles. The molecule has 2 rings (SSSR count). The second kappa shape index (κ2) is 9.16. The minimum Gasteiger partial charge on any atom is -0.314 e. The van der Waals surface area contributed by atoms with Crippen molar-refractivity contribution in [3.8, 4) is 0 Å². The first-order valence-corrected chi connectivity index (χ1v) is 8.68. The second-order valence-corrected chi connectivity index (χ2v) is 6.25. The predicted molar refractivity (Wildman–Crippen MR) is 89.2 cm³/mol. The summed E-state index contributed by atoms with van der Waals surface area (Å²) in [5.41, 5.74) is 1.38. The van der Waals surface area contributed by atoms with Crippen molar-refractivity contribution in [2.45, 2.75) is 58.5 Å². The van der Waals surface area contributed by atoms with Gasteiger partial charge in [0.2, 0.25) is 0 Å². The van der Waals surface area contributed by atoms with Crippen LogP contribution in [0, 0.1) is 5.92 Å². The maximum Gasteiger partial charge on any atom is 0.0271 e. The number of nitrogens with zero attached hydrogens (tertiary/aromatic N) is 2. The maximum absolute atomic E-state index is 4.11. The highest BCUT2D eigenvalue weighted by molar-refractivity contribution is 5.09. The Morgan fingerprint density at radius 3 is 2.62 bits per heavy atom. The van der Waals surface area contributed by atoms with Crippen molar-refractivity contribution in [3.05, 3.63) is 30.1 Å². The molecule has 0 spiro atoms. The van der Waals surface area contributed by atoms with E-state index in [-0.39, 0.29) is 0 Å². The van der Waals surface area contributed by atoms with Gasteiger partial charge < -0.3 is 5.32 Å². The fraction of sp³-hybridized carbons (Fsp3) is 0.722. The molecule has 1 heterocycles. The monoisotopic (exact) mass is 289 g/mol. The summed E-state index contributed by atoms with van der Waals surface area (Å²) in [5, 5.41) is 3.73. The largest absolute Gasteiger partial charge is 0.314 e.